The van der Waals surface area contributed by atoms with Crippen LogP contribution in [0, 0.1) is 11.8 Å². The summed E-state index contributed by atoms with van der Waals surface area (Å²) in [5.74, 6) is 0.655. The highest BCUT2D eigenvalue weighted by molar-refractivity contribution is 8.13. The Morgan fingerprint density at radius 3 is 2.52 bits per heavy atom. The highest BCUT2D eigenvalue weighted by Crippen LogP contribution is 2.31. The predicted octanol–water partition coefficient (Wildman–Crippen LogP) is 2.93. The molecule has 118 valence electrons. The number of hydrogen-bond donors (Lipinski definition) is 0. The molecule has 1 aliphatic rings. The molecule has 1 fully saturated rings. The first-order chi connectivity index (χ1) is 9.68. The third kappa shape index (κ3) is 3.80. The van der Waals surface area contributed by atoms with E-state index in [4.69, 9.17) is 15.4 Å². The van der Waals surface area contributed by atoms with Crippen LogP contribution in [0.5, 0.6) is 0 Å². The monoisotopic (exact) mass is 333 g/mol. The van der Waals surface area contributed by atoms with Gasteiger partial charge < -0.3 is 9.30 Å². The molecule has 3 atom stereocenters. The molecule has 1 aliphatic carbocycles. The number of ether oxygens (including phenoxy) is 1. The highest BCUT2D eigenvalue weighted by Gasteiger charge is 2.28. The van der Waals surface area contributed by atoms with Gasteiger partial charge >= 0.3 is 5.97 Å². The summed E-state index contributed by atoms with van der Waals surface area (Å²) in [6.45, 7) is 4.36. The Kier molecular flexibility index (Phi) is 4.68. The number of carbonyl (C=O) groups excluding carboxylic acids is 1. The van der Waals surface area contributed by atoms with Crippen LogP contribution in [0.2, 0.25) is 0 Å². The van der Waals surface area contributed by atoms with Gasteiger partial charge in [0, 0.05) is 23.9 Å². The van der Waals surface area contributed by atoms with E-state index in [1.807, 2.05) is 0 Å². The Balaban J connectivity index is 2.09. The van der Waals surface area contributed by atoms with Gasteiger partial charge in [0.2, 0.25) is 0 Å². The van der Waals surface area contributed by atoms with Gasteiger partial charge in [-0.2, -0.15) is 0 Å². The average molecular weight is 334 g/mol. The van der Waals surface area contributed by atoms with E-state index in [-0.39, 0.29) is 16.7 Å². The normalized spacial score (nSPS) is 26.6. The van der Waals surface area contributed by atoms with Crippen LogP contribution in [0.4, 0.5) is 0 Å². The summed E-state index contributed by atoms with van der Waals surface area (Å²) in [5.41, 5.74) is 0.195. The molecular formula is C14H20ClNO4S. The number of hydrogen-bond acceptors (Lipinski definition) is 4. The van der Waals surface area contributed by atoms with Crippen LogP contribution in [0.15, 0.2) is 17.2 Å². The van der Waals surface area contributed by atoms with Gasteiger partial charge in [-0.25, -0.2) is 13.2 Å². The Bertz CT molecular complexity index is 637. The van der Waals surface area contributed by atoms with E-state index in [9.17, 15) is 13.2 Å². The summed E-state index contributed by atoms with van der Waals surface area (Å²) in [6.07, 6.45) is 3.94. The Labute approximate surface area is 129 Å². The Morgan fingerprint density at radius 1 is 1.33 bits per heavy atom. The fourth-order valence-corrected chi connectivity index (χ4v) is 3.48. The standard InChI is InChI=1S/C14H20ClNO4S/c1-9-4-5-11(6-10(9)2)20-14(17)13-7-12(8-16(13)3)21(15,18)19/h7-11H,4-6H2,1-3H3. The predicted molar refractivity (Wildman–Crippen MR) is 79.8 cm³/mol. The number of carbonyl (C=O) groups is 1. The van der Waals surface area contributed by atoms with Gasteiger partial charge in [-0.15, -0.1) is 0 Å². The Morgan fingerprint density at radius 2 is 2.00 bits per heavy atom. The first-order valence-electron chi connectivity index (χ1n) is 7.00. The number of rotatable bonds is 3. The van der Waals surface area contributed by atoms with Crippen molar-refractivity contribution in [3.63, 3.8) is 0 Å². The van der Waals surface area contributed by atoms with E-state index in [1.165, 1.54) is 16.8 Å². The van der Waals surface area contributed by atoms with E-state index in [2.05, 4.69) is 13.8 Å². The molecule has 0 aromatic carbocycles. The lowest BCUT2D eigenvalue weighted by atomic mass is 9.80. The number of aryl methyl sites for hydroxylation is 1. The van der Waals surface area contributed by atoms with Gasteiger partial charge in [0.1, 0.15) is 16.7 Å². The van der Waals surface area contributed by atoms with Gasteiger partial charge in [-0.3, -0.25) is 0 Å². The van der Waals surface area contributed by atoms with Crippen molar-refractivity contribution >= 4 is 25.7 Å². The second-order valence-corrected chi connectivity index (χ2v) is 8.47. The molecule has 0 amide bonds. The van der Waals surface area contributed by atoms with Crippen molar-refractivity contribution in [3.8, 4) is 0 Å². The minimum Gasteiger partial charge on any atom is -0.458 e. The zero-order valence-corrected chi connectivity index (χ0v) is 13.9. The number of aromatic nitrogens is 1. The lowest BCUT2D eigenvalue weighted by molar-refractivity contribution is 0.00783. The van der Waals surface area contributed by atoms with Gasteiger partial charge in [0.25, 0.3) is 9.05 Å². The van der Waals surface area contributed by atoms with Crippen LogP contribution < -0.4 is 0 Å². The molecule has 0 spiro atoms. The average Bonchev–Trinajstić information content (AvgIpc) is 2.76. The fourth-order valence-electron chi connectivity index (χ4n) is 2.69. The molecule has 3 unspecified atom stereocenters. The fraction of sp³-hybridized carbons (Fsp3) is 0.643. The van der Waals surface area contributed by atoms with Crippen molar-refractivity contribution in [2.24, 2.45) is 18.9 Å². The molecule has 1 aromatic rings. The lowest BCUT2D eigenvalue weighted by Gasteiger charge is -2.31. The van der Waals surface area contributed by atoms with E-state index >= 15 is 0 Å². The van der Waals surface area contributed by atoms with Crippen molar-refractivity contribution in [2.75, 3.05) is 0 Å². The summed E-state index contributed by atoms with van der Waals surface area (Å²) in [6, 6.07) is 1.25. The van der Waals surface area contributed by atoms with Crippen LogP contribution in [0.3, 0.4) is 0 Å². The SMILES string of the molecule is CC1CCC(OC(=O)c2cc(S(=O)(=O)Cl)cn2C)CC1C. The second-order valence-electron chi connectivity index (χ2n) is 5.90. The zero-order chi connectivity index (χ0) is 15.8. The molecule has 0 saturated heterocycles. The topological polar surface area (TPSA) is 65.4 Å². The number of nitrogens with zero attached hydrogens (tertiary/aromatic N) is 1. The summed E-state index contributed by atoms with van der Waals surface area (Å²) in [4.78, 5) is 12.1. The van der Waals surface area contributed by atoms with Crippen LogP contribution in [-0.4, -0.2) is 25.1 Å². The molecule has 2 rings (SSSR count). The van der Waals surface area contributed by atoms with Crippen molar-refractivity contribution in [3.05, 3.63) is 18.0 Å². The van der Waals surface area contributed by atoms with Gasteiger partial charge in [0.05, 0.1) is 0 Å². The van der Waals surface area contributed by atoms with Crippen molar-refractivity contribution in [1.82, 2.24) is 4.57 Å². The van der Waals surface area contributed by atoms with Gasteiger partial charge in [-0.1, -0.05) is 13.8 Å². The number of esters is 1. The maximum Gasteiger partial charge on any atom is 0.355 e. The summed E-state index contributed by atoms with van der Waals surface area (Å²) in [7, 11) is 3.03. The first-order valence-corrected chi connectivity index (χ1v) is 9.31. The summed E-state index contributed by atoms with van der Waals surface area (Å²) >= 11 is 0. The van der Waals surface area contributed by atoms with Crippen LogP contribution >= 0.6 is 10.7 Å². The van der Waals surface area contributed by atoms with Gasteiger partial charge in [0.15, 0.2) is 0 Å². The summed E-state index contributed by atoms with van der Waals surface area (Å²) < 4.78 is 29.5. The molecule has 0 N–H and O–H groups in total. The molecule has 21 heavy (non-hydrogen) atoms. The molecule has 1 saturated carbocycles. The molecule has 0 aliphatic heterocycles. The van der Waals surface area contributed by atoms with Crippen LogP contribution in [0.1, 0.15) is 43.6 Å². The quantitative estimate of drug-likeness (QED) is 0.630. The maximum atomic E-state index is 12.2. The smallest absolute Gasteiger partial charge is 0.355 e. The molecule has 1 heterocycles. The third-order valence-corrected chi connectivity index (χ3v) is 5.62. The molecular weight excluding hydrogens is 314 g/mol. The van der Waals surface area contributed by atoms with E-state index in [0.717, 1.165) is 19.3 Å². The van der Waals surface area contributed by atoms with E-state index in [1.54, 1.807) is 7.05 Å². The van der Waals surface area contributed by atoms with Crippen molar-refractivity contribution in [2.45, 2.75) is 44.1 Å². The second kappa shape index (κ2) is 6.01. The van der Waals surface area contributed by atoms with E-state index in [0.29, 0.717) is 11.8 Å². The third-order valence-electron chi connectivity index (χ3n) is 4.29. The lowest BCUT2D eigenvalue weighted by Crippen LogP contribution is -2.29. The molecule has 0 radical (unpaired) electrons. The van der Waals surface area contributed by atoms with Crippen LogP contribution in [-0.2, 0) is 20.8 Å². The van der Waals surface area contributed by atoms with Crippen molar-refractivity contribution < 1.29 is 17.9 Å². The molecule has 5 nitrogen and oxygen atoms in total. The van der Waals surface area contributed by atoms with Gasteiger partial charge in [-0.05, 0) is 37.2 Å². The zero-order valence-electron chi connectivity index (χ0n) is 12.4. The Hall–Kier alpha value is -1.01. The summed E-state index contributed by atoms with van der Waals surface area (Å²) in [5, 5.41) is 0. The minimum absolute atomic E-state index is 0.0933. The highest BCUT2D eigenvalue weighted by atomic mass is 35.7. The minimum atomic E-state index is -3.84. The molecule has 0 bridgehead atoms. The van der Waals surface area contributed by atoms with Crippen molar-refractivity contribution in [1.29, 1.82) is 0 Å². The maximum absolute atomic E-state index is 12.2. The van der Waals surface area contributed by atoms with E-state index < -0.39 is 15.0 Å². The number of halogens is 1. The largest absolute Gasteiger partial charge is 0.458 e. The molecule has 7 heteroatoms. The van der Waals surface area contributed by atoms with Crippen LogP contribution in [0.25, 0.3) is 0 Å². The first kappa shape index (κ1) is 16.4. The molecule has 1 aromatic heterocycles.